The van der Waals surface area contributed by atoms with Crippen molar-refractivity contribution in [3.05, 3.63) is 90.5 Å². The van der Waals surface area contributed by atoms with E-state index >= 15 is 0 Å². The molecule has 3 rings (SSSR count). The fourth-order valence-electron chi connectivity index (χ4n) is 3.55. The highest BCUT2D eigenvalue weighted by atomic mass is 16.6. The fourth-order valence-corrected chi connectivity index (χ4v) is 3.55. The predicted molar refractivity (Wildman–Crippen MR) is 127 cm³/mol. The molecule has 0 aromatic heterocycles. The summed E-state index contributed by atoms with van der Waals surface area (Å²) in [5, 5.41) is 10.0. The molecule has 4 nitrogen and oxygen atoms in total. The Hall–Kier alpha value is -3.11. The van der Waals surface area contributed by atoms with Crippen LogP contribution in [0.2, 0.25) is 0 Å². The molecular weight excluding hydrogens is 400 g/mol. The normalized spacial score (nSPS) is 13.2. The van der Waals surface area contributed by atoms with Gasteiger partial charge < -0.3 is 14.6 Å². The van der Waals surface area contributed by atoms with Crippen molar-refractivity contribution in [1.29, 1.82) is 0 Å². The number of ether oxygens (including phenoxy) is 2. The number of carbonyl (C=O) groups excluding carboxylic acids is 1. The zero-order chi connectivity index (χ0) is 23.0. The fraction of sp³-hybridized carbons (Fsp3) is 0.321. The highest BCUT2D eigenvalue weighted by Gasteiger charge is 2.29. The summed E-state index contributed by atoms with van der Waals surface area (Å²) < 4.78 is 11.6. The summed E-state index contributed by atoms with van der Waals surface area (Å²) in [5.41, 5.74) is 2.80. The summed E-state index contributed by atoms with van der Waals surface area (Å²) >= 11 is 0. The molecule has 1 N–H and O–H groups in total. The first-order chi connectivity index (χ1) is 15.3. The number of hydrogen-bond donors (Lipinski definition) is 1. The first kappa shape index (κ1) is 23.6. The lowest BCUT2D eigenvalue weighted by atomic mass is 9.93. The molecule has 3 aromatic carbocycles. The smallest absolute Gasteiger partial charge is 0.347 e. The van der Waals surface area contributed by atoms with Gasteiger partial charge in [-0.2, -0.15) is 0 Å². The Morgan fingerprint density at radius 2 is 1.41 bits per heavy atom. The van der Waals surface area contributed by atoms with Crippen LogP contribution in [0.5, 0.6) is 5.75 Å². The molecule has 2 atom stereocenters. The van der Waals surface area contributed by atoms with Crippen LogP contribution in [0.4, 0.5) is 0 Å². The lowest BCUT2D eigenvalue weighted by molar-refractivity contribution is -0.164. The summed E-state index contributed by atoms with van der Waals surface area (Å²) in [6.45, 7) is 5.46. The van der Waals surface area contributed by atoms with Crippen LogP contribution >= 0.6 is 0 Å². The Labute approximate surface area is 190 Å². The van der Waals surface area contributed by atoms with E-state index in [-0.39, 0.29) is 12.5 Å². The summed E-state index contributed by atoms with van der Waals surface area (Å²) in [6, 6.07) is 27.8. The highest BCUT2D eigenvalue weighted by molar-refractivity contribution is 5.75. The number of rotatable bonds is 9. The van der Waals surface area contributed by atoms with E-state index in [0.29, 0.717) is 18.6 Å². The molecule has 0 spiro atoms. The molecule has 0 unspecified atom stereocenters. The number of aliphatic hydroxyl groups excluding tert-OH is 1. The molecular formula is C28H32O4. The van der Waals surface area contributed by atoms with E-state index in [1.165, 1.54) is 5.56 Å². The Balaban J connectivity index is 1.71. The van der Waals surface area contributed by atoms with Crippen molar-refractivity contribution < 1.29 is 19.4 Å². The molecule has 0 aliphatic carbocycles. The van der Waals surface area contributed by atoms with Gasteiger partial charge >= 0.3 is 5.97 Å². The molecule has 4 heteroatoms. The lowest BCUT2D eigenvalue weighted by Crippen LogP contribution is -2.37. The third-order valence-corrected chi connectivity index (χ3v) is 5.08. The molecule has 0 aliphatic heterocycles. The molecule has 0 heterocycles. The molecule has 0 aliphatic rings. The standard InChI is InChI=1S/C28H32O4/c1-28(2,3)32-27(30)26(31-25-12-8-5-9-13-25)19-22(20-29)18-21-14-16-24(17-15-21)23-10-6-4-7-11-23/h4-17,22,26,29H,18-20H2,1-3H3/t22-,26-/m1/s1. The van der Waals surface area contributed by atoms with Gasteiger partial charge in [0, 0.05) is 13.0 Å². The van der Waals surface area contributed by atoms with Crippen molar-refractivity contribution in [2.75, 3.05) is 6.61 Å². The third kappa shape index (κ3) is 7.24. The van der Waals surface area contributed by atoms with E-state index in [1.54, 1.807) is 0 Å². The monoisotopic (exact) mass is 432 g/mol. The molecule has 0 bridgehead atoms. The number of benzene rings is 3. The molecule has 32 heavy (non-hydrogen) atoms. The molecule has 3 aromatic rings. The topological polar surface area (TPSA) is 55.8 Å². The first-order valence-corrected chi connectivity index (χ1v) is 11.0. The predicted octanol–water partition coefficient (Wildman–Crippen LogP) is 5.68. The maximum Gasteiger partial charge on any atom is 0.347 e. The second-order valence-corrected chi connectivity index (χ2v) is 9.00. The number of hydrogen-bond acceptors (Lipinski definition) is 4. The van der Waals surface area contributed by atoms with Crippen LogP contribution in [0.15, 0.2) is 84.9 Å². The van der Waals surface area contributed by atoms with Gasteiger partial charge in [0.15, 0.2) is 6.10 Å². The molecule has 168 valence electrons. The van der Waals surface area contributed by atoms with E-state index in [1.807, 2.05) is 69.3 Å². The van der Waals surface area contributed by atoms with Gasteiger partial charge in [0.1, 0.15) is 11.4 Å². The Morgan fingerprint density at radius 1 is 0.844 bits per heavy atom. The minimum atomic E-state index is -0.794. The van der Waals surface area contributed by atoms with Gasteiger partial charge in [0.2, 0.25) is 0 Å². The van der Waals surface area contributed by atoms with Gasteiger partial charge in [-0.25, -0.2) is 4.79 Å². The maximum atomic E-state index is 12.8. The van der Waals surface area contributed by atoms with E-state index < -0.39 is 17.7 Å². The minimum Gasteiger partial charge on any atom is -0.479 e. The second kappa shape index (κ2) is 11.0. The van der Waals surface area contributed by atoms with Crippen molar-refractivity contribution in [2.24, 2.45) is 5.92 Å². The van der Waals surface area contributed by atoms with E-state index in [0.717, 1.165) is 11.1 Å². The van der Waals surface area contributed by atoms with Crippen LogP contribution in [0.25, 0.3) is 11.1 Å². The zero-order valence-electron chi connectivity index (χ0n) is 19.0. The average molecular weight is 433 g/mol. The Kier molecular flexibility index (Phi) is 8.07. The van der Waals surface area contributed by atoms with Crippen LogP contribution in [-0.4, -0.2) is 29.4 Å². The second-order valence-electron chi connectivity index (χ2n) is 9.00. The number of esters is 1. The third-order valence-electron chi connectivity index (χ3n) is 5.08. The summed E-state index contributed by atoms with van der Waals surface area (Å²) in [5.74, 6) is 0.0466. The van der Waals surface area contributed by atoms with Gasteiger partial charge in [-0.3, -0.25) is 0 Å². The first-order valence-electron chi connectivity index (χ1n) is 11.0. The van der Waals surface area contributed by atoms with Gasteiger partial charge in [-0.1, -0.05) is 72.8 Å². The maximum absolute atomic E-state index is 12.8. The van der Waals surface area contributed by atoms with Crippen LogP contribution in [0, 0.1) is 5.92 Å². The molecule has 0 amide bonds. The van der Waals surface area contributed by atoms with Crippen LogP contribution in [0.1, 0.15) is 32.8 Å². The van der Waals surface area contributed by atoms with Crippen LogP contribution < -0.4 is 4.74 Å². The quantitative estimate of drug-likeness (QED) is 0.442. The number of carbonyl (C=O) groups is 1. The highest BCUT2D eigenvalue weighted by Crippen LogP contribution is 2.24. The summed E-state index contributed by atoms with van der Waals surface area (Å²) in [7, 11) is 0. The Morgan fingerprint density at radius 3 is 1.97 bits per heavy atom. The van der Waals surface area contributed by atoms with Crippen molar-refractivity contribution in [1.82, 2.24) is 0 Å². The van der Waals surface area contributed by atoms with Gasteiger partial charge in [-0.05, 0) is 61.9 Å². The van der Waals surface area contributed by atoms with E-state index in [9.17, 15) is 9.90 Å². The largest absolute Gasteiger partial charge is 0.479 e. The van der Waals surface area contributed by atoms with Crippen molar-refractivity contribution in [2.45, 2.75) is 45.3 Å². The average Bonchev–Trinajstić information content (AvgIpc) is 2.78. The number of aliphatic hydroxyl groups is 1. The van der Waals surface area contributed by atoms with E-state index in [4.69, 9.17) is 9.47 Å². The van der Waals surface area contributed by atoms with Gasteiger partial charge in [0.05, 0.1) is 0 Å². The van der Waals surface area contributed by atoms with Crippen molar-refractivity contribution >= 4 is 5.97 Å². The van der Waals surface area contributed by atoms with Crippen LogP contribution in [0.3, 0.4) is 0 Å². The van der Waals surface area contributed by atoms with Gasteiger partial charge in [0.25, 0.3) is 0 Å². The van der Waals surface area contributed by atoms with Crippen molar-refractivity contribution in [3.8, 4) is 16.9 Å². The van der Waals surface area contributed by atoms with Crippen LogP contribution in [-0.2, 0) is 16.0 Å². The molecule has 0 saturated heterocycles. The number of para-hydroxylation sites is 1. The van der Waals surface area contributed by atoms with E-state index in [2.05, 4.69) is 36.4 Å². The molecule has 0 radical (unpaired) electrons. The van der Waals surface area contributed by atoms with Gasteiger partial charge in [-0.15, -0.1) is 0 Å². The zero-order valence-corrected chi connectivity index (χ0v) is 19.0. The SMILES string of the molecule is CC(C)(C)OC(=O)[C@@H](C[C@H](CO)Cc1ccc(-c2ccccc2)cc1)Oc1ccccc1. The summed E-state index contributed by atoms with van der Waals surface area (Å²) in [6.07, 6.45) is 0.210. The molecule has 0 saturated carbocycles. The Bertz CT molecular complexity index is 960. The molecule has 0 fully saturated rings. The van der Waals surface area contributed by atoms with Crippen molar-refractivity contribution in [3.63, 3.8) is 0 Å². The minimum absolute atomic E-state index is 0.0438. The summed E-state index contributed by atoms with van der Waals surface area (Å²) in [4.78, 5) is 12.8. The lowest BCUT2D eigenvalue weighted by Gasteiger charge is -2.26.